The fourth-order valence-corrected chi connectivity index (χ4v) is 5.39. The van der Waals surface area contributed by atoms with Gasteiger partial charge in [-0.3, -0.25) is 19.5 Å². The molecule has 1 aliphatic heterocycles. The van der Waals surface area contributed by atoms with Crippen molar-refractivity contribution < 1.29 is 22.4 Å². The Morgan fingerprint density at radius 3 is 2.59 bits per heavy atom. The minimum Gasteiger partial charge on any atom is -0.268 e. The molecule has 2 aliphatic rings. The number of imide groups is 1. The van der Waals surface area contributed by atoms with Gasteiger partial charge in [-0.15, -0.1) is 0 Å². The third-order valence-electron chi connectivity index (χ3n) is 5.31. The summed E-state index contributed by atoms with van der Waals surface area (Å²) in [4.78, 5) is 29.8. The molecule has 1 N–H and O–H groups in total. The van der Waals surface area contributed by atoms with E-state index < -0.39 is 27.7 Å². The lowest BCUT2D eigenvalue weighted by Crippen LogP contribution is -2.37. The summed E-state index contributed by atoms with van der Waals surface area (Å²) in [6.07, 6.45) is 5.81. The summed E-state index contributed by atoms with van der Waals surface area (Å²) in [5, 5.41) is 0. The minimum absolute atomic E-state index is 0.0318. The van der Waals surface area contributed by atoms with Crippen LogP contribution in [0.25, 0.3) is 0 Å². The summed E-state index contributed by atoms with van der Waals surface area (Å²) in [6.45, 7) is -0.283. The maximum Gasteiger partial charge on any atom is 0.280 e. The van der Waals surface area contributed by atoms with Crippen molar-refractivity contribution in [3.8, 4) is 0 Å². The molecule has 7 nitrogen and oxygen atoms in total. The summed E-state index contributed by atoms with van der Waals surface area (Å²) in [5.74, 6) is -1.86. The Balaban J connectivity index is 1.64. The van der Waals surface area contributed by atoms with Crippen LogP contribution < -0.4 is 4.72 Å². The molecule has 0 spiro atoms. The first-order valence-electron chi connectivity index (χ1n) is 9.49. The van der Waals surface area contributed by atoms with Gasteiger partial charge in [-0.25, -0.2) is 17.5 Å². The highest BCUT2D eigenvalue weighted by molar-refractivity contribution is 7.89. The van der Waals surface area contributed by atoms with Crippen molar-refractivity contribution in [2.45, 2.75) is 49.6 Å². The zero-order valence-electron chi connectivity index (χ0n) is 15.6. The molecular formula is C20H20FN3O4S. The third-order valence-corrected chi connectivity index (χ3v) is 6.91. The zero-order valence-corrected chi connectivity index (χ0v) is 16.4. The van der Waals surface area contributed by atoms with Crippen LogP contribution >= 0.6 is 0 Å². The van der Waals surface area contributed by atoms with E-state index in [-0.39, 0.29) is 34.3 Å². The second-order valence-electron chi connectivity index (χ2n) is 7.30. The van der Waals surface area contributed by atoms with Crippen LogP contribution in [0.15, 0.2) is 41.4 Å². The first kappa shape index (κ1) is 19.7. The lowest BCUT2D eigenvalue weighted by atomic mass is 9.96. The lowest BCUT2D eigenvalue weighted by molar-refractivity contribution is 0.0639. The second-order valence-corrected chi connectivity index (χ2v) is 8.99. The van der Waals surface area contributed by atoms with Crippen LogP contribution in [-0.4, -0.2) is 36.2 Å². The van der Waals surface area contributed by atoms with Crippen molar-refractivity contribution >= 4 is 21.8 Å². The Kier molecular flexibility index (Phi) is 5.18. The Bertz CT molecular complexity index is 1050. The number of rotatable bonds is 5. The number of amides is 2. The van der Waals surface area contributed by atoms with Gasteiger partial charge in [0.1, 0.15) is 11.5 Å². The van der Waals surface area contributed by atoms with Gasteiger partial charge in [0.05, 0.1) is 17.0 Å². The molecule has 1 fully saturated rings. The Morgan fingerprint density at radius 2 is 1.86 bits per heavy atom. The van der Waals surface area contributed by atoms with Crippen molar-refractivity contribution in [1.82, 2.24) is 14.6 Å². The molecule has 0 atom stereocenters. The highest BCUT2D eigenvalue weighted by Crippen LogP contribution is 2.27. The van der Waals surface area contributed by atoms with Crippen molar-refractivity contribution in [2.24, 2.45) is 0 Å². The first-order chi connectivity index (χ1) is 13.9. The number of benzene rings is 1. The molecule has 9 heteroatoms. The maximum absolute atomic E-state index is 13.9. The average Bonchev–Trinajstić information content (AvgIpc) is 2.95. The zero-order chi connectivity index (χ0) is 20.6. The van der Waals surface area contributed by atoms with Crippen LogP contribution in [0.2, 0.25) is 0 Å². The Morgan fingerprint density at radius 1 is 1.10 bits per heavy atom. The minimum atomic E-state index is -4.01. The van der Waals surface area contributed by atoms with Crippen molar-refractivity contribution in [3.63, 3.8) is 0 Å². The molecular weight excluding hydrogens is 397 g/mol. The van der Waals surface area contributed by atoms with Crippen molar-refractivity contribution in [1.29, 1.82) is 0 Å². The number of carbonyl (C=O) groups is 2. The molecule has 0 bridgehead atoms. The number of hydrogen-bond acceptors (Lipinski definition) is 5. The number of aromatic nitrogens is 1. The van der Waals surface area contributed by atoms with Crippen LogP contribution in [0.3, 0.4) is 0 Å². The highest BCUT2D eigenvalue weighted by atomic mass is 32.2. The normalized spacial score (nSPS) is 17.6. The van der Waals surface area contributed by atoms with Crippen LogP contribution in [0.4, 0.5) is 4.39 Å². The fourth-order valence-electron chi connectivity index (χ4n) is 3.84. The van der Waals surface area contributed by atoms with Gasteiger partial charge in [0.15, 0.2) is 0 Å². The predicted octanol–water partition coefficient (Wildman–Crippen LogP) is 2.63. The van der Waals surface area contributed by atoms with E-state index in [0.717, 1.165) is 49.1 Å². The highest BCUT2D eigenvalue weighted by Gasteiger charge is 2.37. The first-order valence-corrected chi connectivity index (χ1v) is 11.0. The van der Waals surface area contributed by atoms with E-state index in [1.807, 2.05) is 0 Å². The molecule has 2 heterocycles. The molecule has 4 rings (SSSR count). The van der Waals surface area contributed by atoms with Crippen molar-refractivity contribution in [3.05, 3.63) is 59.2 Å². The summed E-state index contributed by atoms with van der Waals surface area (Å²) < 4.78 is 42.4. The number of halogens is 1. The number of nitrogens with zero attached hydrogens (tertiary/aromatic N) is 2. The molecule has 1 aromatic heterocycles. The van der Waals surface area contributed by atoms with Gasteiger partial charge in [0.25, 0.3) is 11.8 Å². The molecule has 2 aromatic rings. The van der Waals surface area contributed by atoms with E-state index >= 15 is 0 Å². The average molecular weight is 417 g/mol. The standard InChI is InChI=1S/C20H20FN3O4S/c21-14-9-8-13(12-24-19(25)16-7-4-10-22-18(16)20(24)26)17(11-14)29(27,28)23-15-5-2-1-3-6-15/h4,7-11,15,23H,1-3,5-6,12H2. The third kappa shape index (κ3) is 3.79. The molecule has 0 unspecified atom stereocenters. The van der Waals surface area contributed by atoms with Gasteiger partial charge in [-0.05, 0) is 42.7 Å². The SMILES string of the molecule is O=C1c2cccnc2C(=O)N1Cc1ccc(F)cc1S(=O)(=O)NC1CCCCC1. The van der Waals surface area contributed by atoms with Crippen molar-refractivity contribution in [2.75, 3.05) is 0 Å². The largest absolute Gasteiger partial charge is 0.280 e. The molecule has 0 radical (unpaired) electrons. The molecule has 0 saturated heterocycles. The summed E-state index contributed by atoms with van der Waals surface area (Å²) in [7, 11) is -4.01. The molecule has 29 heavy (non-hydrogen) atoms. The van der Waals surface area contributed by atoms with Gasteiger partial charge in [-0.1, -0.05) is 25.3 Å². The van der Waals surface area contributed by atoms with Gasteiger partial charge in [0.2, 0.25) is 10.0 Å². The van der Waals surface area contributed by atoms with E-state index in [1.54, 1.807) is 6.07 Å². The Hall–Kier alpha value is -2.65. The fraction of sp³-hybridized carbons (Fsp3) is 0.350. The molecule has 1 aliphatic carbocycles. The molecule has 2 amide bonds. The quantitative estimate of drug-likeness (QED) is 0.755. The predicted molar refractivity (Wildman–Crippen MR) is 102 cm³/mol. The van der Waals surface area contributed by atoms with E-state index in [9.17, 15) is 22.4 Å². The van der Waals surface area contributed by atoms with E-state index in [0.29, 0.717) is 0 Å². The molecule has 1 saturated carbocycles. The number of hydrogen-bond donors (Lipinski definition) is 1. The summed E-state index contributed by atoms with van der Waals surface area (Å²) in [6, 6.07) is 6.18. The number of pyridine rings is 1. The van der Waals surface area contributed by atoms with Crippen LogP contribution in [0.1, 0.15) is 58.5 Å². The van der Waals surface area contributed by atoms with Gasteiger partial charge in [-0.2, -0.15) is 0 Å². The van der Waals surface area contributed by atoms with E-state index in [4.69, 9.17) is 0 Å². The van der Waals surface area contributed by atoms with E-state index in [1.165, 1.54) is 18.3 Å². The summed E-state index contributed by atoms with van der Waals surface area (Å²) >= 11 is 0. The molecule has 152 valence electrons. The molecule has 1 aromatic carbocycles. The number of fused-ring (bicyclic) bond motifs is 1. The van der Waals surface area contributed by atoms with E-state index in [2.05, 4.69) is 9.71 Å². The van der Waals surface area contributed by atoms with Crippen LogP contribution in [0, 0.1) is 5.82 Å². The van der Waals surface area contributed by atoms with Gasteiger partial charge >= 0.3 is 0 Å². The van der Waals surface area contributed by atoms with Crippen LogP contribution in [0.5, 0.6) is 0 Å². The maximum atomic E-state index is 13.9. The van der Waals surface area contributed by atoms with Crippen LogP contribution in [-0.2, 0) is 16.6 Å². The monoisotopic (exact) mass is 417 g/mol. The van der Waals surface area contributed by atoms with Gasteiger partial charge < -0.3 is 0 Å². The topological polar surface area (TPSA) is 96.4 Å². The smallest absolute Gasteiger partial charge is 0.268 e. The van der Waals surface area contributed by atoms with Gasteiger partial charge in [0, 0.05) is 12.2 Å². The number of sulfonamides is 1. The number of nitrogens with one attached hydrogen (secondary N) is 1. The number of carbonyl (C=O) groups excluding carboxylic acids is 2. The second kappa shape index (κ2) is 7.64. The Labute approximate surface area is 168 Å². The lowest BCUT2D eigenvalue weighted by Gasteiger charge is -2.24. The summed E-state index contributed by atoms with van der Waals surface area (Å²) in [5.41, 5.74) is 0.373.